The van der Waals surface area contributed by atoms with E-state index in [-0.39, 0.29) is 5.97 Å². The van der Waals surface area contributed by atoms with Crippen LogP contribution in [0.3, 0.4) is 0 Å². The molecular weight excluding hydrogens is 418 g/mol. The zero-order valence-corrected chi connectivity index (χ0v) is 22.1. The average molecular weight is 470 g/mol. The van der Waals surface area contributed by atoms with Crippen molar-refractivity contribution in [1.29, 1.82) is 0 Å². The molecule has 0 aromatic heterocycles. The third-order valence-electron chi connectivity index (χ3n) is 7.01. The third kappa shape index (κ3) is 13.8. The van der Waals surface area contributed by atoms with Crippen molar-refractivity contribution in [3.63, 3.8) is 0 Å². The molecule has 192 valence electrons. The first-order valence-electron chi connectivity index (χ1n) is 14.5. The van der Waals surface area contributed by atoms with E-state index in [2.05, 4.69) is 19.1 Å². The minimum Gasteiger partial charge on any atom is -0.341 e. The van der Waals surface area contributed by atoms with Crippen LogP contribution >= 0.6 is 0 Å². The zero-order valence-electron chi connectivity index (χ0n) is 22.1. The molecule has 0 aliphatic carbocycles. The second-order valence-electron chi connectivity index (χ2n) is 10.2. The van der Waals surface area contributed by atoms with Crippen LogP contribution in [0.2, 0.25) is 0 Å². The fraction of sp³-hybridized carbons (Fsp3) is 0.710. The number of carbonyl (C=O) groups is 1. The Kier molecular flexibility index (Phi) is 16.3. The van der Waals surface area contributed by atoms with Crippen molar-refractivity contribution in [2.45, 2.75) is 142 Å². The van der Waals surface area contributed by atoms with E-state index in [4.69, 9.17) is 4.84 Å². The van der Waals surface area contributed by atoms with Gasteiger partial charge in [0.25, 0.3) is 0 Å². The van der Waals surface area contributed by atoms with Gasteiger partial charge < -0.3 is 4.84 Å². The number of hydrogen-bond donors (Lipinski definition) is 0. The first-order chi connectivity index (χ1) is 16.8. The standard InChI is InChI=1S/C31H51NO2/c1-2-3-4-5-6-7-8-9-10-11-12-13-14-15-16-17-18-19-20-25-31(33)34-32-27-26-29-23-21-22-24-30(29)28-32/h21-24,26-27H,2-20,25,28H2,1H3. The maximum absolute atomic E-state index is 12.1. The van der Waals surface area contributed by atoms with Crippen LogP contribution in [0, 0.1) is 0 Å². The van der Waals surface area contributed by atoms with Gasteiger partial charge in [0.2, 0.25) is 0 Å². The molecule has 0 saturated carbocycles. The summed E-state index contributed by atoms with van der Waals surface area (Å²) in [4.78, 5) is 17.6. The van der Waals surface area contributed by atoms with Crippen LogP contribution in [0.25, 0.3) is 6.08 Å². The van der Waals surface area contributed by atoms with Crippen molar-refractivity contribution in [2.75, 3.05) is 0 Å². The predicted molar refractivity (Wildman–Crippen MR) is 145 cm³/mol. The third-order valence-corrected chi connectivity index (χ3v) is 7.01. The number of hydroxylamine groups is 2. The van der Waals surface area contributed by atoms with Crippen molar-refractivity contribution >= 4 is 12.0 Å². The van der Waals surface area contributed by atoms with Gasteiger partial charge in [0.05, 0.1) is 6.54 Å². The number of hydrogen-bond acceptors (Lipinski definition) is 3. The molecule has 1 aromatic rings. The van der Waals surface area contributed by atoms with Crippen LogP contribution in [0.1, 0.15) is 146 Å². The first-order valence-corrected chi connectivity index (χ1v) is 14.5. The summed E-state index contributed by atoms with van der Waals surface area (Å²) in [6, 6.07) is 8.22. The number of benzene rings is 1. The van der Waals surface area contributed by atoms with Gasteiger partial charge in [0.1, 0.15) is 0 Å². The van der Waals surface area contributed by atoms with E-state index >= 15 is 0 Å². The Hall–Kier alpha value is -1.77. The molecule has 1 aliphatic heterocycles. The van der Waals surface area contributed by atoms with Gasteiger partial charge in [-0.25, -0.2) is 9.86 Å². The largest absolute Gasteiger partial charge is 0.341 e. The van der Waals surface area contributed by atoms with Gasteiger partial charge in [-0.05, 0) is 23.6 Å². The first kappa shape index (κ1) is 28.5. The molecular formula is C31H51NO2. The van der Waals surface area contributed by atoms with Crippen LogP contribution in [-0.2, 0) is 16.2 Å². The molecule has 0 spiro atoms. The summed E-state index contributed by atoms with van der Waals surface area (Å²) in [5.74, 6) is -0.115. The highest BCUT2D eigenvalue weighted by Crippen LogP contribution is 2.20. The van der Waals surface area contributed by atoms with Crippen LogP contribution < -0.4 is 0 Å². The molecule has 0 N–H and O–H groups in total. The van der Waals surface area contributed by atoms with Gasteiger partial charge in [-0.1, -0.05) is 147 Å². The van der Waals surface area contributed by atoms with Gasteiger partial charge >= 0.3 is 5.97 Å². The lowest BCUT2D eigenvalue weighted by Gasteiger charge is -2.23. The molecule has 0 bridgehead atoms. The SMILES string of the molecule is CCCCCCCCCCCCCCCCCCCCCC(=O)ON1C=Cc2ccccc2C1. The van der Waals surface area contributed by atoms with E-state index in [1.807, 2.05) is 24.4 Å². The summed E-state index contributed by atoms with van der Waals surface area (Å²) in [5, 5.41) is 1.65. The molecule has 0 radical (unpaired) electrons. The van der Waals surface area contributed by atoms with Crippen LogP contribution in [0.5, 0.6) is 0 Å². The van der Waals surface area contributed by atoms with Crippen LogP contribution in [-0.4, -0.2) is 11.0 Å². The molecule has 1 aromatic carbocycles. The molecule has 3 nitrogen and oxygen atoms in total. The van der Waals surface area contributed by atoms with Gasteiger partial charge in [-0.15, -0.1) is 0 Å². The Balaban J connectivity index is 1.29. The molecule has 0 saturated heterocycles. The number of fused-ring (bicyclic) bond motifs is 1. The molecule has 0 unspecified atom stereocenters. The lowest BCUT2D eigenvalue weighted by atomic mass is 10.0. The molecule has 3 heteroatoms. The number of nitrogens with zero attached hydrogens (tertiary/aromatic N) is 1. The fourth-order valence-corrected chi connectivity index (χ4v) is 4.81. The Labute approximate surface area is 210 Å². The van der Waals surface area contributed by atoms with Gasteiger partial charge in [-0.2, -0.15) is 0 Å². The number of unbranched alkanes of at least 4 members (excludes halogenated alkanes) is 18. The highest BCUT2D eigenvalue weighted by Gasteiger charge is 2.14. The summed E-state index contributed by atoms with van der Waals surface area (Å²) >= 11 is 0. The summed E-state index contributed by atoms with van der Waals surface area (Å²) in [6.45, 7) is 2.93. The predicted octanol–water partition coefficient (Wildman–Crippen LogP) is 9.75. The van der Waals surface area contributed by atoms with Gasteiger partial charge in [0, 0.05) is 12.6 Å². The molecule has 0 fully saturated rings. The highest BCUT2D eigenvalue weighted by molar-refractivity contribution is 5.69. The summed E-state index contributed by atoms with van der Waals surface area (Å²) in [7, 11) is 0. The van der Waals surface area contributed by atoms with Gasteiger partial charge in [-0.3, -0.25) is 0 Å². The topological polar surface area (TPSA) is 29.5 Å². The van der Waals surface area contributed by atoms with Crippen molar-refractivity contribution in [3.8, 4) is 0 Å². The average Bonchev–Trinajstić information content (AvgIpc) is 2.85. The van der Waals surface area contributed by atoms with Crippen LogP contribution in [0.4, 0.5) is 0 Å². The molecule has 1 aliphatic rings. The Morgan fingerprint density at radius 3 is 1.71 bits per heavy atom. The van der Waals surface area contributed by atoms with E-state index in [0.29, 0.717) is 13.0 Å². The molecule has 34 heavy (non-hydrogen) atoms. The van der Waals surface area contributed by atoms with Crippen molar-refractivity contribution in [3.05, 3.63) is 41.6 Å². The maximum Gasteiger partial charge on any atom is 0.332 e. The van der Waals surface area contributed by atoms with E-state index in [0.717, 1.165) is 12.8 Å². The highest BCUT2D eigenvalue weighted by atomic mass is 16.7. The van der Waals surface area contributed by atoms with E-state index in [9.17, 15) is 4.79 Å². The summed E-state index contributed by atoms with van der Waals surface area (Å²) in [6.07, 6.45) is 30.3. The Morgan fingerprint density at radius 2 is 1.18 bits per heavy atom. The van der Waals surface area contributed by atoms with Crippen molar-refractivity contribution < 1.29 is 9.63 Å². The van der Waals surface area contributed by atoms with E-state index in [1.54, 1.807) is 5.06 Å². The lowest BCUT2D eigenvalue weighted by Crippen LogP contribution is -2.24. The van der Waals surface area contributed by atoms with E-state index in [1.165, 1.54) is 120 Å². The monoisotopic (exact) mass is 469 g/mol. The molecule has 0 amide bonds. The molecule has 2 rings (SSSR count). The number of rotatable bonds is 21. The lowest BCUT2D eigenvalue weighted by molar-refractivity contribution is -0.180. The minimum absolute atomic E-state index is 0.115. The van der Waals surface area contributed by atoms with Crippen molar-refractivity contribution in [2.24, 2.45) is 0 Å². The Morgan fingerprint density at radius 1 is 0.706 bits per heavy atom. The maximum atomic E-state index is 12.1. The fourth-order valence-electron chi connectivity index (χ4n) is 4.81. The zero-order chi connectivity index (χ0) is 24.1. The van der Waals surface area contributed by atoms with Gasteiger partial charge in [0.15, 0.2) is 0 Å². The smallest absolute Gasteiger partial charge is 0.332 e. The number of carbonyl (C=O) groups excluding carboxylic acids is 1. The minimum atomic E-state index is -0.115. The quantitative estimate of drug-likeness (QED) is 0.168. The summed E-state index contributed by atoms with van der Waals surface area (Å²) < 4.78 is 0. The molecule has 0 atom stereocenters. The van der Waals surface area contributed by atoms with Crippen molar-refractivity contribution in [1.82, 2.24) is 5.06 Å². The second-order valence-corrected chi connectivity index (χ2v) is 10.2. The Bertz CT molecular complexity index is 669. The second kappa shape index (κ2) is 19.5. The molecule has 1 heterocycles. The van der Waals surface area contributed by atoms with Crippen LogP contribution in [0.15, 0.2) is 30.5 Å². The normalized spacial score (nSPS) is 12.7. The van der Waals surface area contributed by atoms with E-state index < -0.39 is 0 Å². The summed E-state index contributed by atoms with van der Waals surface area (Å²) in [5.41, 5.74) is 2.40.